The van der Waals surface area contributed by atoms with Crippen LogP contribution >= 0.6 is 0 Å². The number of rotatable bonds is 10. The molecule has 11 heteroatoms. The number of aromatic nitrogens is 2. The Hall–Kier alpha value is -5.29. The van der Waals surface area contributed by atoms with Crippen LogP contribution in [0.3, 0.4) is 0 Å². The number of carbonyl (C=O) groups is 1. The second kappa shape index (κ2) is 12.5. The van der Waals surface area contributed by atoms with Gasteiger partial charge < -0.3 is 14.4 Å². The maximum absolute atomic E-state index is 14.3. The molecular weight excluding hydrogens is 588 g/mol. The van der Waals surface area contributed by atoms with E-state index >= 15 is 0 Å². The molecule has 5 aromatic rings. The summed E-state index contributed by atoms with van der Waals surface area (Å²) in [6.07, 6.45) is 6.43. The Balaban J connectivity index is 1.28. The van der Waals surface area contributed by atoms with Gasteiger partial charge in [-0.3, -0.25) is 4.72 Å². The van der Waals surface area contributed by atoms with Crippen molar-refractivity contribution in [1.82, 2.24) is 9.55 Å². The Bertz CT molecular complexity index is 1970. The molecule has 0 fully saturated rings. The third-order valence-electron chi connectivity index (χ3n) is 6.63. The van der Waals surface area contributed by atoms with Crippen LogP contribution in [0.15, 0.2) is 91.1 Å². The summed E-state index contributed by atoms with van der Waals surface area (Å²) in [7, 11) is -3.65. The predicted octanol–water partition coefficient (Wildman–Crippen LogP) is 7.55. The van der Waals surface area contributed by atoms with Crippen molar-refractivity contribution in [3.8, 4) is 33.9 Å². The van der Waals surface area contributed by atoms with Gasteiger partial charge in [0.25, 0.3) is 0 Å². The number of sulfonamides is 1. The van der Waals surface area contributed by atoms with Gasteiger partial charge in [-0.05, 0) is 72.2 Å². The fourth-order valence-corrected chi connectivity index (χ4v) is 5.08. The molecule has 1 heterocycles. The summed E-state index contributed by atoms with van der Waals surface area (Å²) in [5, 5.41) is 9.49. The van der Waals surface area contributed by atoms with E-state index < -0.39 is 27.6 Å². The molecule has 0 atom stereocenters. The smallest absolute Gasteiger partial charge is 0.337 e. The van der Waals surface area contributed by atoms with Gasteiger partial charge in [-0.2, -0.15) is 0 Å². The average Bonchev–Trinajstić information content (AvgIpc) is 3.39. The van der Waals surface area contributed by atoms with Gasteiger partial charge in [0, 0.05) is 24.4 Å². The molecule has 0 saturated carbocycles. The van der Waals surface area contributed by atoms with Gasteiger partial charge in [-0.15, -0.1) is 0 Å². The minimum atomic E-state index is -3.65. The van der Waals surface area contributed by atoms with Crippen molar-refractivity contribution in [1.29, 1.82) is 0 Å². The molecule has 224 valence electrons. The fraction of sp³-hybridized carbons (Fsp3) is 0.0909. The lowest BCUT2D eigenvalue weighted by Crippen LogP contribution is -2.13. The molecule has 2 N–H and O–H groups in total. The number of hydrogen-bond acceptors (Lipinski definition) is 5. The summed E-state index contributed by atoms with van der Waals surface area (Å²) >= 11 is 0. The number of imidazole rings is 1. The van der Waals surface area contributed by atoms with Crippen LogP contribution in [0.4, 0.5) is 14.5 Å². The van der Waals surface area contributed by atoms with Crippen molar-refractivity contribution < 1.29 is 31.8 Å². The largest absolute Gasteiger partial charge is 0.478 e. The number of anilines is 1. The first-order valence-electron chi connectivity index (χ1n) is 13.4. The highest BCUT2D eigenvalue weighted by molar-refractivity contribution is 7.92. The molecule has 44 heavy (non-hydrogen) atoms. The molecule has 5 rings (SSSR count). The Morgan fingerprint density at radius 3 is 2.20 bits per heavy atom. The number of carboxylic acids is 1. The number of halogens is 2. The third-order valence-corrected chi connectivity index (χ3v) is 7.22. The van der Waals surface area contributed by atoms with Gasteiger partial charge in [0.2, 0.25) is 10.0 Å². The van der Waals surface area contributed by atoms with E-state index in [1.165, 1.54) is 30.3 Å². The first-order chi connectivity index (χ1) is 21.0. The average molecular weight is 616 g/mol. The molecule has 0 radical (unpaired) electrons. The molecule has 0 saturated heterocycles. The number of ether oxygens (including phenoxy) is 1. The standard InChI is InChI=1S/C33H27F2N3O5S/c1-3-38-20-31(27-15-11-24(34)18-29(27)35)36-32(38)17-6-21-4-7-22(8-5-21)23-9-12-25(13-10-23)43-26-14-16-30(37-44(2,41)42)28(19-26)33(39)40/h4-20,37H,3H2,1-2H3,(H,39,40). The van der Waals surface area contributed by atoms with Crippen molar-refractivity contribution in [3.05, 3.63) is 120 Å². The normalized spacial score (nSPS) is 11.5. The predicted molar refractivity (Wildman–Crippen MR) is 166 cm³/mol. The van der Waals surface area contributed by atoms with Gasteiger partial charge in [-0.1, -0.05) is 42.5 Å². The Labute approximate surface area is 253 Å². The molecule has 0 unspecified atom stereocenters. The van der Waals surface area contributed by atoms with E-state index in [0.717, 1.165) is 29.0 Å². The van der Waals surface area contributed by atoms with Crippen LogP contribution in [0.25, 0.3) is 34.5 Å². The second-order valence-electron chi connectivity index (χ2n) is 9.86. The molecule has 4 aromatic carbocycles. The first-order valence-corrected chi connectivity index (χ1v) is 15.3. The Morgan fingerprint density at radius 2 is 1.59 bits per heavy atom. The molecule has 0 aliphatic heterocycles. The zero-order valence-corrected chi connectivity index (χ0v) is 24.5. The fourth-order valence-electron chi connectivity index (χ4n) is 4.50. The van der Waals surface area contributed by atoms with E-state index in [1.807, 2.05) is 60.0 Å². The highest BCUT2D eigenvalue weighted by Crippen LogP contribution is 2.30. The maximum atomic E-state index is 14.3. The monoisotopic (exact) mass is 615 g/mol. The number of benzene rings is 4. The molecule has 0 aliphatic carbocycles. The molecule has 0 spiro atoms. The van der Waals surface area contributed by atoms with E-state index in [-0.39, 0.29) is 22.6 Å². The van der Waals surface area contributed by atoms with E-state index in [1.54, 1.807) is 18.3 Å². The lowest BCUT2D eigenvalue weighted by Gasteiger charge is -2.11. The van der Waals surface area contributed by atoms with Gasteiger partial charge >= 0.3 is 5.97 Å². The second-order valence-corrected chi connectivity index (χ2v) is 11.6. The number of nitrogens with one attached hydrogen (secondary N) is 1. The maximum Gasteiger partial charge on any atom is 0.337 e. The van der Waals surface area contributed by atoms with Crippen LogP contribution in [0, 0.1) is 11.6 Å². The highest BCUT2D eigenvalue weighted by Gasteiger charge is 2.15. The Kier molecular flexibility index (Phi) is 8.59. The Morgan fingerprint density at radius 1 is 0.932 bits per heavy atom. The van der Waals surface area contributed by atoms with Crippen LogP contribution in [0.2, 0.25) is 0 Å². The summed E-state index contributed by atoms with van der Waals surface area (Å²) in [4.78, 5) is 16.2. The quantitative estimate of drug-likeness (QED) is 0.168. The van der Waals surface area contributed by atoms with Crippen LogP contribution in [-0.2, 0) is 16.6 Å². The summed E-state index contributed by atoms with van der Waals surface area (Å²) in [6.45, 7) is 2.58. The first kappa shape index (κ1) is 30.2. The molecule has 0 aliphatic rings. The van der Waals surface area contributed by atoms with Crippen LogP contribution in [0.5, 0.6) is 11.5 Å². The minimum absolute atomic E-state index is 0.0540. The van der Waals surface area contributed by atoms with Crippen LogP contribution in [-0.4, -0.2) is 35.3 Å². The van der Waals surface area contributed by atoms with Crippen molar-refractivity contribution in [2.75, 3.05) is 11.0 Å². The summed E-state index contributed by atoms with van der Waals surface area (Å²) in [5.74, 6) is -1.25. The molecular formula is C33H27F2N3O5S. The minimum Gasteiger partial charge on any atom is -0.478 e. The van der Waals surface area contributed by atoms with Crippen LogP contribution in [0.1, 0.15) is 28.7 Å². The highest BCUT2D eigenvalue weighted by atomic mass is 32.2. The van der Waals surface area contributed by atoms with Gasteiger partial charge in [0.1, 0.15) is 29.0 Å². The lowest BCUT2D eigenvalue weighted by molar-refractivity contribution is 0.0697. The van der Waals surface area contributed by atoms with E-state index in [9.17, 15) is 27.1 Å². The van der Waals surface area contributed by atoms with Crippen LogP contribution < -0.4 is 9.46 Å². The number of nitrogens with zero attached hydrogens (tertiary/aromatic N) is 2. The van der Waals surface area contributed by atoms with Gasteiger partial charge in [0.05, 0.1) is 23.2 Å². The molecule has 1 aromatic heterocycles. The SMILES string of the molecule is CCn1cc(-c2ccc(F)cc2F)nc1C=Cc1ccc(-c2ccc(Oc3ccc(NS(C)(=O)=O)c(C(=O)O)c3)cc2)cc1. The van der Waals surface area contributed by atoms with E-state index in [0.29, 0.717) is 23.8 Å². The van der Waals surface area contributed by atoms with Crippen molar-refractivity contribution in [2.24, 2.45) is 0 Å². The summed E-state index contributed by atoms with van der Waals surface area (Å²) in [6, 6.07) is 22.6. The zero-order chi connectivity index (χ0) is 31.4. The topological polar surface area (TPSA) is 111 Å². The number of aryl methyl sites for hydroxylation is 1. The van der Waals surface area contributed by atoms with Crippen molar-refractivity contribution in [2.45, 2.75) is 13.5 Å². The molecule has 8 nitrogen and oxygen atoms in total. The van der Waals surface area contributed by atoms with E-state index in [2.05, 4.69) is 9.71 Å². The van der Waals surface area contributed by atoms with Crippen molar-refractivity contribution in [3.63, 3.8) is 0 Å². The number of aromatic carboxylic acids is 1. The van der Waals surface area contributed by atoms with E-state index in [4.69, 9.17) is 4.74 Å². The molecule has 0 amide bonds. The molecule has 0 bridgehead atoms. The summed E-state index contributed by atoms with van der Waals surface area (Å²) in [5.41, 5.74) is 3.19. The number of hydrogen-bond donors (Lipinski definition) is 2. The number of carboxylic acid groups (broad SMARTS) is 1. The zero-order valence-electron chi connectivity index (χ0n) is 23.7. The summed E-state index contributed by atoms with van der Waals surface area (Å²) < 4.78 is 60.6. The third kappa shape index (κ3) is 7.19. The van der Waals surface area contributed by atoms with Gasteiger partial charge in [-0.25, -0.2) is 27.0 Å². The van der Waals surface area contributed by atoms with Gasteiger partial charge in [0.15, 0.2) is 0 Å². The van der Waals surface area contributed by atoms with Crippen molar-refractivity contribution >= 4 is 33.8 Å². The lowest BCUT2D eigenvalue weighted by atomic mass is 10.0.